The molecular formula is C10H24N2. The van der Waals surface area contributed by atoms with Crippen molar-refractivity contribution in [1.29, 1.82) is 0 Å². The average molecular weight is 172 g/mol. The first kappa shape index (κ1) is 11.9. The van der Waals surface area contributed by atoms with Gasteiger partial charge in [-0.2, -0.15) is 0 Å². The minimum Gasteiger partial charge on any atom is -0.313 e. The molecular weight excluding hydrogens is 148 g/mol. The van der Waals surface area contributed by atoms with E-state index >= 15 is 0 Å². The van der Waals surface area contributed by atoms with Crippen LogP contribution in [0, 0.1) is 0 Å². The molecule has 1 unspecified atom stereocenters. The van der Waals surface area contributed by atoms with Gasteiger partial charge in [-0.15, -0.1) is 0 Å². The van der Waals surface area contributed by atoms with Crippen molar-refractivity contribution in [3.05, 3.63) is 0 Å². The molecule has 0 fully saturated rings. The Morgan fingerprint density at radius 2 is 1.58 bits per heavy atom. The van der Waals surface area contributed by atoms with E-state index in [4.69, 9.17) is 0 Å². The maximum atomic E-state index is 3.45. The summed E-state index contributed by atoms with van der Waals surface area (Å²) in [6.45, 7) is 14.5. The summed E-state index contributed by atoms with van der Waals surface area (Å²) in [7, 11) is 0. The van der Waals surface area contributed by atoms with Crippen LogP contribution in [-0.4, -0.2) is 36.6 Å². The number of nitrogens with one attached hydrogen (secondary N) is 1. The molecule has 0 aromatic heterocycles. The molecule has 1 N–H and O–H groups in total. The minimum atomic E-state index is 0.600. The maximum Gasteiger partial charge on any atom is 0.0192 e. The topological polar surface area (TPSA) is 15.3 Å². The summed E-state index contributed by atoms with van der Waals surface area (Å²) < 4.78 is 0. The lowest BCUT2D eigenvalue weighted by atomic mass is 10.2. The minimum absolute atomic E-state index is 0.600. The van der Waals surface area contributed by atoms with Gasteiger partial charge in [-0.1, -0.05) is 27.7 Å². The Balaban J connectivity index is 3.61. The highest BCUT2D eigenvalue weighted by Gasteiger charge is 2.08. The zero-order valence-corrected chi connectivity index (χ0v) is 9.22. The monoisotopic (exact) mass is 172 g/mol. The molecule has 0 radical (unpaired) electrons. The first-order chi connectivity index (χ1) is 5.61. The van der Waals surface area contributed by atoms with Gasteiger partial charge in [-0.3, -0.25) is 4.90 Å². The highest BCUT2D eigenvalue weighted by Crippen LogP contribution is 1.96. The third-order valence-electron chi connectivity index (χ3n) is 2.26. The average Bonchev–Trinajstić information content (AvgIpc) is 2.03. The van der Waals surface area contributed by atoms with Crippen molar-refractivity contribution in [1.82, 2.24) is 10.2 Å². The Labute approximate surface area is 77.3 Å². The Hall–Kier alpha value is -0.0800. The fourth-order valence-electron chi connectivity index (χ4n) is 1.38. The van der Waals surface area contributed by atoms with Gasteiger partial charge in [0.2, 0.25) is 0 Å². The Bertz CT molecular complexity index is 98.0. The highest BCUT2D eigenvalue weighted by atomic mass is 15.2. The van der Waals surface area contributed by atoms with Crippen LogP contribution in [0.2, 0.25) is 0 Å². The van der Waals surface area contributed by atoms with Crippen molar-refractivity contribution in [3.8, 4) is 0 Å². The third kappa shape index (κ3) is 4.73. The van der Waals surface area contributed by atoms with Crippen molar-refractivity contribution >= 4 is 0 Å². The summed E-state index contributed by atoms with van der Waals surface area (Å²) in [6, 6.07) is 1.26. The van der Waals surface area contributed by atoms with Crippen molar-refractivity contribution in [2.24, 2.45) is 0 Å². The second kappa shape index (κ2) is 6.44. The summed E-state index contributed by atoms with van der Waals surface area (Å²) in [5.41, 5.74) is 0. The van der Waals surface area contributed by atoms with Gasteiger partial charge >= 0.3 is 0 Å². The Morgan fingerprint density at radius 1 is 1.08 bits per heavy atom. The van der Waals surface area contributed by atoms with Gasteiger partial charge in [0.25, 0.3) is 0 Å². The standard InChI is InChI=1S/C10H24N2/c1-6-12(7-2)10(5)8-11-9(3)4/h9-11H,6-8H2,1-5H3. The van der Waals surface area contributed by atoms with Crippen molar-refractivity contribution in [2.75, 3.05) is 19.6 Å². The van der Waals surface area contributed by atoms with Crippen LogP contribution in [0.4, 0.5) is 0 Å². The van der Waals surface area contributed by atoms with E-state index in [1.54, 1.807) is 0 Å². The molecule has 0 aliphatic carbocycles. The van der Waals surface area contributed by atoms with Crippen LogP contribution in [0.5, 0.6) is 0 Å². The zero-order chi connectivity index (χ0) is 9.56. The van der Waals surface area contributed by atoms with E-state index in [0.29, 0.717) is 12.1 Å². The van der Waals surface area contributed by atoms with Crippen molar-refractivity contribution < 1.29 is 0 Å². The van der Waals surface area contributed by atoms with E-state index in [1.807, 2.05) is 0 Å². The van der Waals surface area contributed by atoms with Gasteiger partial charge < -0.3 is 5.32 Å². The summed E-state index contributed by atoms with van der Waals surface area (Å²) in [5, 5.41) is 3.45. The van der Waals surface area contributed by atoms with Gasteiger partial charge in [-0.25, -0.2) is 0 Å². The van der Waals surface area contributed by atoms with E-state index in [0.717, 1.165) is 19.6 Å². The molecule has 74 valence electrons. The molecule has 0 spiro atoms. The SMILES string of the molecule is CCN(CC)C(C)CNC(C)C. The predicted octanol–water partition coefficient (Wildman–Crippen LogP) is 1.71. The molecule has 0 rings (SSSR count). The Kier molecular flexibility index (Phi) is 6.39. The number of likely N-dealkylation sites (N-methyl/N-ethyl adjacent to an activating group) is 1. The number of hydrogen-bond acceptors (Lipinski definition) is 2. The molecule has 0 aliphatic heterocycles. The quantitative estimate of drug-likeness (QED) is 0.656. The van der Waals surface area contributed by atoms with Crippen LogP contribution >= 0.6 is 0 Å². The van der Waals surface area contributed by atoms with Crippen LogP contribution in [0.3, 0.4) is 0 Å². The molecule has 0 saturated carbocycles. The maximum absolute atomic E-state index is 3.45. The van der Waals surface area contributed by atoms with Crippen molar-refractivity contribution in [3.63, 3.8) is 0 Å². The van der Waals surface area contributed by atoms with Gasteiger partial charge in [0, 0.05) is 18.6 Å². The summed E-state index contributed by atoms with van der Waals surface area (Å²) in [6.07, 6.45) is 0. The van der Waals surface area contributed by atoms with Crippen LogP contribution in [0.25, 0.3) is 0 Å². The van der Waals surface area contributed by atoms with Crippen molar-refractivity contribution in [2.45, 2.75) is 46.7 Å². The van der Waals surface area contributed by atoms with E-state index < -0.39 is 0 Å². The summed E-state index contributed by atoms with van der Waals surface area (Å²) >= 11 is 0. The molecule has 0 aliphatic rings. The largest absolute Gasteiger partial charge is 0.313 e. The molecule has 12 heavy (non-hydrogen) atoms. The lowest BCUT2D eigenvalue weighted by molar-refractivity contribution is 0.223. The third-order valence-corrected chi connectivity index (χ3v) is 2.26. The second-order valence-electron chi connectivity index (χ2n) is 3.63. The molecule has 0 saturated heterocycles. The van der Waals surface area contributed by atoms with Gasteiger partial charge in [0.1, 0.15) is 0 Å². The fourth-order valence-corrected chi connectivity index (χ4v) is 1.38. The molecule has 0 amide bonds. The van der Waals surface area contributed by atoms with E-state index in [-0.39, 0.29) is 0 Å². The van der Waals surface area contributed by atoms with Gasteiger partial charge in [0.05, 0.1) is 0 Å². The molecule has 0 heterocycles. The smallest absolute Gasteiger partial charge is 0.0192 e. The van der Waals surface area contributed by atoms with E-state index in [1.165, 1.54) is 0 Å². The molecule has 0 aromatic rings. The first-order valence-electron chi connectivity index (χ1n) is 5.09. The summed E-state index contributed by atoms with van der Waals surface area (Å²) in [5.74, 6) is 0. The highest BCUT2D eigenvalue weighted by molar-refractivity contribution is 4.68. The predicted molar refractivity (Wildman–Crippen MR) is 55.5 cm³/mol. The van der Waals surface area contributed by atoms with Gasteiger partial charge in [0.15, 0.2) is 0 Å². The summed E-state index contributed by atoms with van der Waals surface area (Å²) in [4.78, 5) is 2.47. The molecule has 0 aromatic carbocycles. The van der Waals surface area contributed by atoms with Crippen LogP contribution < -0.4 is 5.32 Å². The molecule has 0 bridgehead atoms. The normalized spacial score (nSPS) is 14.2. The number of hydrogen-bond donors (Lipinski definition) is 1. The fraction of sp³-hybridized carbons (Fsp3) is 1.00. The van der Waals surface area contributed by atoms with E-state index in [2.05, 4.69) is 44.8 Å². The zero-order valence-electron chi connectivity index (χ0n) is 9.22. The Morgan fingerprint density at radius 3 is 1.92 bits per heavy atom. The van der Waals surface area contributed by atoms with Crippen LogP contribution in [-0.2, 0) is 0 Å². The van der Waals surface area contributed by atoms with E-state index in [9.17, 15) is 0 Å². The first-order valence-corrected chi connectivity index (χ1v) is 5.09. The second-order valence-corrected chi connectivity index (χ2v) is 3.63. The molecule has 1 atom stereocenters. The van der Waals surface area contributed by atoms with Crippen LogP contribution in [0.1, 0.15) is 34.6 Å². The molecule has 2 nitrogen and oxygen atoms in total. The van der Waals surface area contributed by atoms with Gasteiger partial charge in [-0.05, 0) is 20.0 Å². The lowest BCUT2D eigenvalue weighted by Crippen LogP contribution is -2.41. The lowest BCUT2D eigenvalue weighted by Gasteiger charge is -2.27. The molecule has 2 heteroatoms. The number of rotatable bonds is 6. The number of nitrogens with zero attached hydrogens (tertiary/aromatic N) is 1. The van der Waals surface area contributed by atoms with Crippen LogP contribution in [0.15, 0.2) is 0 Å².